The first kappa shape index (κ1) is 5.11. The van der Waals surface area contributed by atoms with E-state index in [1.54, 1.807) is 0 Å². The Balaban J connectivity index is 3.01. The number of nitrogens with one attached hydrogen (secondary N) is 1. The van der Waals surface area contributed by atoms with Crippen molar-refractivity contribution < 1.29 is 4.42 Å². The van der Waals surface area contributed by atoms with Crippen molar-refractivity contribution in [1.29, 1.82) is 0 Å². The molecular formula is C4H6N2O2. The first-order valence-electron chi connectivity index (χ1n) is 2.19. The molecule has 8 heavy (non-hydrogen) atoms. The van der Waals surface area contributed by atoms with E-state index in [4.69, 9.17) is 5.73 Å². The molecule has 1 aromatic rings. The highest BCUT2D eigenvalue weighted by Crippen LogP contribution is 1.83. The van der Waals surface area contributed by atoms with E-state index in [1.165, 1.54) is 6.26 Å². The van der Waals surface area contributed by atoms with Gasteiger partial charge in [-0.05, 0) is 0 Å². The van der Waals surface area contributed by atoms with Crippen molar-refractivity contribution in [1.82, 2.24) is 4.98 Å². The highest BCUT2D eigenvalue weighted by Gasteiger charge is 1.90. The molecule has 0 aliphatic rings. The van der Waals surface area contributed by atoms with Gasteiger partial charge in [-0.2, -0.15) is 0 Å². The molecule has 0 aromatic carbocycles. The number of H-pyrrole nitrogens is 1. The molecule has 1 rings (SSSR count). The van der Waals surface area contributed by atoms with E-state index in [0.717, 1.165) is 0 Å². The summed E-state index contributed by atoms with van der Waals surface area (Å²) in [4.78, 5) is 12.5. The van der Waals surface area contributed by atoms with Crippen molar-refractivity contribution in [2.75, 3.05) is 0 Å². The third-order valence-corrected chi connectivity index (χ3v) is 0.791. The van der Waals surface area contributed by atoms with Crippen molar-refractivity contribution in [3.05, 3.63) is 22.5 Å². The van der Waals surface area contributed by atoms with Crippen molar-refractivity contribution in [2.24, 2.45) is 5.73 Å². The summed E-state index contributed by atoms with van der Waals surface area (Å²) in [5.74, 6) is -0.453. The van der Waals surface area contributed by atoms with Crippen LogP contribution in [0.25, 0.3) is 0 Å². The van der Waals surface area contributed by atoms with Gasteiger partial charge < -0.3 is 10.2 Å². The zero-order valence-corrected chi connectivity index (χ0v) is 4.18. The smallest absolute Gasteiger partial charge is 0.416 e. The average Bonchev–Trinajstić information content (AvgIpc) is 2.14. The van der Waals surface area contributed by atoms with E-state index in [-0.39, 0.29) is 0 Å². The van der Waals surface area contributed by atoms with Crippen LogP contribution in [0, 0.1) is 0 Å². The molecular weight excluding hydrogens is 108 g/mol. The summed E-state index contributed by atoms with van der Waals surface area (Å²) >= 11 is 0. The van der Waals surface area contributed by atoms with Crippen LogP contribution in [0.5, 0.6) is 0 Å². The lowest BCUT2D eigenvalue weighted by Crippen LogP contribution is -2.01. The molecule has 1 aromatic heterocycles. The Hall–Kier alpha value is -1.03. The Morgan fingerprint density at radius 2 is 2.62 bits per heavy atom. The van der Waals surface area contributed by atoms with Gasteiger partial charge in [0, 0.05) is 6.54 Å². The van der Waals surface area contributed by atoms with Gasteiger partial charge >= 0.3 is 5.76 Å². The predicted molar refractivity (Wildman–Crippen MR) is 27.2 cm³/mol. The van der Waals surface area contributed by atoms with Crippen LogP contribution in [0.4, 0.5) is 0 Å². The van der Waals surface area contributed by atoms with Crippen LogP contribution in [0.2, 0.25) is 0 Å². The van der Waals surface area contributed by atoms with Gasteiger partial charge in [-0.1, -0.05) is 0 Å². The van der Waals surface area contributed by atoms with Gasteiger partial charge in [0.1, 0.15) is 6.26 Å². The second kappa shape index (κ2) is 1.83. The Morgan fingerprint density at radius 1 is 1.88 bits per heavy atom. The van der Waals surface area contributed by atoms with Crippen LogP contribution in [0.3, 0.4) is 0 Å². The molecule has 4 heteroatoms. The minimum Gasteiger partial charge on any atom is -0.416 e. The molecule has 0 spiro atoms. The molecule has 0 amide bonds. The monoisotopic (exact) mass is 114 g/mol. The molecule has 0 aliphatic heterocycles. The fourth-order valence-corrected chi connectivity index (χ4v) is 0.414. The van der Waals surface area contributed by atoms with E-state index in [1.807, 2.05) is 0 Å². The number of oxazole rings is 1. The van der Waals surface area contributed by atoms with Gasteiger partial charge in [-0.15, -0.1) is 0 Å². The molecule has 44 valence electrons. The molecule has 0 fully saturated rings. The molecule has 3 N–H and O–H groups in total. The zero-order valence-electron chi connectivity index (χ0n) is 4.18. The van der Waals surface area contributed by atoms with E-state index in [0.29, 0.717) is 12.2 Å². The largest absolute Gasteiger partial charge is 0.416 e. The molecule has 0 bridgehead atoms. The van der Waals surface area contributed by atoms with E-state index in [2.05, 4.69) is 9.40 Å². The van der Waals surface area contributed by atoms with Crippen molar-refractivity contribution in [2.45, 2.75) is 6.54 Å². The summed E-state index contributed by atoms with van der Waals surface area (Å²) in [6, 6.07) is 0. The molecule has 0 radical (unpaired) electrons. The summed E-state index contributed by atoms with van der Waals surface area (Å²) < 4.78 is 4.36. The lowest BCUT2D eigenvalue weighted by atomic mass is 10.5. The topological polar surface area (TPSA) is 72.0 Å². The summed E-state index contributed by atoms with van der Waals surface area (Å²) in [6.07, 6.45) is 1.31. The van der Waals surface area contributed by atoms with Gasteiger partial charge in [0.05, 0.1) is 5.69 Å². The third kappa shape index (κ3) is 0.788. The first-order chi connectivity index (χ1) is 3.83. The molecule has 0 aliphatic carbocycles. The van der Waals surface area contributed by atoms with Gasteiger partial charge in [0.2, 0.25) is 0 Å². The zero-order chi connectivity index (χ0) is 5.98. The van der Waals surface area contributed by atoms with Gasteiger partial charge in [0.25, 0.3) is 0 Å². The van der Waals surface area contributed by atoms with Crippen LogP contribution in [0.1, 0.15) is 5.69 Å². The summed E-state index contributed by atoms with van der Waals surface area (Å²) in [7, 11) is 0. The SMILES string of the molecule is NCc1coc(=O)[nH]1. The fourth-order valence-electron chi connectivity index (χ4n) is 0.414. The van der Waals surface area contributed by atoms with Crippen LogP contribution in [-0.4, -0.2) is 4.98 Å². The average molecular weight is 114 g/mol. The maximum absolute atomic E-state index is 10.2. The summed E-state index contributed by atoms with van der Waals surface area (Å²) in [6.45, 7) is 0.311. The Bertz CT molecular complexity index is 212. The number of rotatable bonds is 1. The van der Waals surface area contributed by atoms with E-state index in [9.17, 15) is 4.79 Å². The summed E-state index contributed by atoms with van der Waals surface area (Å²) in [5, 5.41) is 0. The van der Waals surface area contributed by atoms with Crippen molar-refractivity contribution in [3.8, 4) is 0 Å². The molecule has 0 atom stereocenters. The lowest BCUT2D eigenvalue weighted by Gasteiger charge is -1.78. The molecule has 0 saturated carbocycles. The van der Waals surface area contributed by atoms with Crippen LogP contribution >= 0.6 is 0 Å². The fraction of sp³-hybridized carbons (Fsp3) is 0.250. The lowest BCUT2D eigenvalue weighted by molar-refractivity contribution is 0.514. The van der Waals surface area contributed by atoms with Crippen LogP contribution in [0.15, 0.2) is 15.5 Å². The molecule has 1 heterocycles. The Labute approximate surface area is 45.3 Å². The van der Waals surface area contributed by atoms with E-state index < -0.39 is 5.76 Å². The normalized spacial score (nSPS) is 9.62. The molecule has 0 unspecified atom stereocenters. The third-order valence-electron chi connectivity index (χ3n) is 0.791. The Morgan fingerprint density at radius 3 is 2.88 bits per heavy atom. The second-order valence-corrected chi connectivity index (χ2v) is 1.38. The molecule has 4 nitrogen and oxygen atoms in total. The van der Waals surface area contributed by atoms with Gasteiger partial charge in [-0.3, -0.25) is 4.98 Å². The van der Waals surface area contributed by atoms with Crippen LogP contribution < -0.4 is 11.5 Å². The highest BCUT2D eigenvalue weighted by molar-refractivity contribution is 4.88. The number of aromatic nitrogens is 1. The maximum Gasteiger partial charge on any atom is 0.416 e. The van der Waals surface area contributed by atoms with Crippen LogP contribution in [-0.2, 0) is 6.54 Å². The standard InChI is InChI=1S/C4H6N2O2/c5-1-3-2-8-4(7)6-3/h2H,1,5H2,(H,6,7). The van der Waals surface area contributed by atoms with Gasteiger partial charge in [-0.25, -0.2) is 4.79 Å². The first-order valence-corrected chi connectivity index (χ1v) is 2.19. The number of hydrogen-bond acceptors (Lipinski definition) is 3. The Kier molecular flexibility index (Phi) is 1.17. The van der Waals surface area contributed by atoms with Crippen molar-refractivity contribution in [3.63, 3.8) is 0 Å². The number of hydrogen-bond donors (Lipinski definition) is 2. The maximum atomic E-state index is 10.2. The number of aromatic amines is 1. The minimum atomic E-state index is -0.453. The van der Waals surface area contributed by atoms with Gasteiger partial charge in [0.15, 0.2) is 0 Å². The minimum absolute atomic E-state index is 0.311. The van der Waals surface area contributed by atoms with Crippen molar-refractivity contribution >= 4 is 0 Å². The number of nitrogens with two attached hydrogens (primary N) is 1. The molecule has 0 saturated heterocycles. The van der Waals surface area contributed by atoms with E-state index >= 15 is 0 Å². The highest BCUT2D eigenvalue weighted by atomic mass is 16.4. The summed E-state index contributed by atoms with van der Waals surface area (Å²) in [5.41, 5.74) is 5.75. The second-order valence-electron chi connectivity index (χ2n) is 1.38. The predicted octanol–water partition coefficient (Wildman–Crippen LogP) is -0.573. The quantitative estimate of drug-likeness (QED) is 0.513.